The number of methoxy groups -OCH3 is 1. The van der Waals surface area contributed by atoms with Crippen LogP contribution in [0.5, 0.6) is 11.5 Å². The summed E-state index contributed by atoms with van der Waals surface area (Å²) in [5, 5.41) is 8.92. The molecular formula is C15H19NO6. The summed E-state index contributed by atoms with van der Waals surface area (Å²) in [7, 11) is 1.59. The Labute approximate surface area is 128 Å². The average molecular weight is 309 g/mol. The van der Waals surface area contributed by atoms with Crippen molar-refractivity contribution < 1.29 is 28.9 Å². The van der Waals surface area contributed by atoms with E-state index in [0.717, 1.165) is 11.3 Å². The molecule has 7 heteroatoms. The molecule has 1 aliphatic rings. The van der Waals surface area contributed by atoms with Crippen LogP contribution in [0, 0.1) is 6.92 Å². The summed E-state index contributed by atoms with van der Waals surface area (Å²) in [4.78, 5) is 24.4. The van der Waals surface area contributed by atoms with Gasteiger partial charge < -0.3 is 24.2 Å². The quantitative estimate of drug-likeness (QED) is 0.861. The van der Waals surface area contributed by atoms with Gasteiger partial charge in [0.05, 0.1) is 20.3 Å². The third-order valence-corrected chi connectivity index (χ3v) is 3.42. The van der Waals surface area contributed by atoms with Crippen molar-refractivity contribution in [2.24, 2.45) is 0 Å². The van der Waals surface area contributed by atoms with Crippen LogP contribution < -0.4 is 9.47 Å². The lowest BCUT2D eigenvalue weighted by Gasteiger charge is -2.30. The van der Waals surface area contributed by atoms with Crippen molar-refractivity contribution in [2.75, 3.05) is 33.4 Å². The SMILES string of the molecule is COc1ccc(OCC(=O)N2CCOC(C(=O)O)C2)cc1C. The van der Waals surface area contributed by atoms with Gasteiger partial charge in [0.1, 0.15) is 11.5 Å². The van der Waals surface area contributed by atoms with Gasteiger partial charge in [-0.05, 0) is 30.7 Å². The van der Waals surface area contributed by atoms with E-state index in [1.165, 1.54) is 4.90 Å². The number of hydrogen-bond acceptors (Lipinski definition) is 5. The number of carboxylic acids is 1. The molecular weight excluding hydrogens is 290 g/mol. The number of nitrogens with zero attached hydrogens (tertiary/aromatic N) is 1. The number of benzene rings is 1. The molecule has 1 N–H and O–H groups in total. The molecule has 7 nitrogen and oxygen atoms in total. The Kier molecular flexibility index (Phi) is 5.21. The lowest BCUT2D eigenvalue weighted by molar-refractivity contribution is -0.159. The van der Waals surface area contributed by atoms with Gasteiger partial charge in [0.25, 0.3) is 5.91 Å². The molecule has 1 aromatic carbocycles. The fourth-order valence-electron chi connectivity index (χ4n) is 2.20. The van der Waals surface area contributed by atoms with E-state index in [9.17, 15) is 9.59 Å². The minimum Gasteiger partial charge on any atom is -0.496 e. The number of carbonyl (C=O) groups excluding carboxylic acids is 1. The minimum atomic E-state index is -1.07. The Morgan fingerprint density at radius 2 is 2.23 bits per heavy atom. The molecule has 1 unspecified atom stereocenters. The molecule has 1 aromatic rings. The first-order valence-corrected chi connectivity index (χ1v) is 6.91. The van der Waals surface area contributed by atoms with Gasteiger partial charge in [-0.2, -0.15) is 0 Å². The highest BCUT2D eigenvalue weighted by Crippen LogP contribution is 2.23. The highest BCUT2D eigenvalue weighted by Gasteiger charge is 2.29. The van der Waals surface area contributed by atoms with Gasteiger partial charge in [0.15, 0.2) is 12.7 Å². The number of morpholine rings is 1. The lowest BCUT2D eigenvalue weighted by Crippen LogP contribution is -2.49. The van der Waals surface area contributed by atoms with Crippen LogP contribution in [0.25, 0.3) is 0 Å². The molecule has 1 heterocycles. The Morgan fingerprint density at radius 1 is 1.45 bits per heavy atom. The zero-order valence-electron chi connectivity index (χ0n) is 12.6. The summed E-state index contributed by atoms with van der Waals surface area (Å²) >= 11 is 0. The molecule has 0 aliphatic carbocycles. The summed E-state index contributed by atoms with van der Waals surface area (Å²) in [6, 6.07) is 5.27. The molecule has 22 heavy (non-hydrogen) atoms. The standard InChI is InChI=1S/C15H19NO6/c1-10-7-11(3-4-12(10)20-2)22-9-14(17)16-5-6-21-13(8-16)15(18)19/h3-4,7,13H,5-6,8-9H2,1-2H3,(H,18,19). The molecule has 0 spiro atoms. The maximum atomic E-state index is 12.1. The second-order valence-corrected chi connectivity index (χ2v) is 4.96. The normalized spacial score (nSPS) is 17.9. The van der Waals surface area contributed by atoms with Gasteiger partial charge in [0, 0.05) is 6.54 Å². The number of aliphatic carboxylic acids is 1. The van der Waals surface area contributed by atoms with Crippen LogP contribution in [-0.2, 0) is 14.3 Å². The number of rotatable bonds is 5. The van der Waals surface area contributed by atoms with E-state index >= 15 is 0 Å². The Hall–Kier alpha value is -2.28. The summed E-state index contributed by atoms with van der Waals surface area (Å²) < 4.78 is 15.7. The van der Waals surface area contributed by atoms with Crippen molar-refractivity contribution in [1.29, 1.82) is 0 Å². The van der Waals surface area contributed by atoms with E-state index in [1.807, 2.05) is 6.92 Å². The van der Waals surface area contributed by atoms with Crippen LogP contribution in [0.3, 0.4) is 0 Å². The van der Waals surface area contributed by atoms with Crippen LogP contribution in [0.4, 0.5) is 0 Å². The predicted molar refractivity (Wildman–Crippen MR) is 77.2 cm³/mol. The maximum absolute atomic E-state index is 12.1. The Balaban J connectivity index is 1.89. The van der Waals surface area contributed by atoms with Crippen molar-refractivity contribution in [3.8, 4) is 11.5 Å². The third kappa shape index (κ3) is 3.88. The van der Waals surface area contributed by atoms with Crippen LogP contribution in [-0.4, -0.2) is 61.4 Å². The summed E-state index contributed by atoms with van der Waals surface area (Å²) in [6.07, 6.45) is -0.971. The number of ether oxygens (including phenoxy) is 3. The van der Waals surface area contributed by atoms with Crippen LogP contribution in [0.15, 0.2) is 18.2 Å². The van der Waals surface area contributed by atoms with E-state index in [-0.39, 0.29) is 25.7 Å². The monoisotopic (exact) mass is 309 g/mol. The molecule has 1 amide bonds. The lowest BCUT2D eigenvalue weighted by atomic mass is 10.2. The van der Waals surface area contributed by atoms with Crippen molar-refractivity contribution in [3.63, 3.8) is 0 Å². The van der Waals surface area contributed by atoms with Gasteiger partial charge in [0.2, 0.25) is 0 Å². The molecule has 0 bridgehead atoms. The Morgan fingerprint density at radius 3 is 2.86 bits per heavy atom. The first kappa shape index (κ1) is 16.1. The van der Waals surface area contributed by atoms with Gasteiger partial charge in [-0.25, -0.2) is 4.79 Å². The minimum absolute atomic E-state index is 0.0408. The highest BCUT2D eigenvalue weighted by atomic mass is 16.5. The molecule has 120 valence electrons. The van der Waals surface area contributed by atoms with Gasteiger partial charge in [-0.1, -0.05) is 0 Å². The smallest absolute Gasteiger partial charge is 0.334 e. The molecule has 0 radical (unpaired) electrons. The molecule has 1 fully saturated rings. The van der Waals surface area contributed by atoms with Crippen LogP contribution in [0.2, 0.25) is 0 Å². The maximum Gasteiger partial charge on any atom is 0.334 e. The predicted octanol–water partition coefficient (Wildman–Crippen LogP) is 0.694. The van der Waals surface area contributed by atoms with Crippen molar-refractivity contribution in [1.82, 2.24) is 4.90 Å². The first-order chi connectivity index (χ1) is 10.5. The first-order valence-electron chi connectivity index (χ1n) is 6.91. The van der Waals surface area contributed by atoms with E-state index in [0.29, 0.717) is 12.3 Å². The highest BCUT2D eigenvalue weighted by molar-refractivity contribution is 5.79. The molecule has 1 atom stereocenters. The topological polar surface area (TPSA) is 85.3 Å². The van der Waals surface area contributed by atoms with Crippen LogP contribution in [0.1, 0.15) is 5.56 Å². The average Bonchev–Trinajstić information content (AvgIpc) is 2.52. The zero-order chi connectivity index (χ0) is 16.1. The van der Waals surface area contributed by atoms with Crippen molar-refractivity contribution in [2.45, 2.75) is 13.0 Å². The fourth-order valence-corrected chi connectivity index (χ4v) is 2.20. The van der Waals surface area contributed by atoms with Crippen molar-refractivity contribution >= 4 is 11.9 Å². The second-order valence-electron chi connectivity index (χ2n) is 4.96. The zero-order valence-corrected chi connectivity index (χ0v) is 12.6. The number of amides is 1. The van der Waals surface area contributed by atoms with E-state index < -0.39 is 12.1 Å². The third-order valence-electron chi connectivity index (χ3n) is 3.42. The molecule has 0 saturated carbocycles. The van der Waals surface area contributed by atoms with Gasteiger partial charge in [-0.3, -0.25) is 4.79 Å². The van der Waals surface area contributed by atoms with Gasteiger partial charge in [-0.15, -0.1) is 0 Å². The summed E-state index contributed by atoms with van der Waals surface area (Å²) in [5.41, 5.74) is 0.907. The van der Waals surface area contributed by atoms with Crippen LogP contribution >= 0.6 is 0 Å². The largest absolute Gasteiger partial charge is 0.496 e. The number of hydrogen-bond donors (Lipinski definition) is 1. The molecule has 0 aromatic heterocycles. The Bertz CT molecular complexity index is 559. The summed E-state index contributed by atoms with van der Waals surface area (Å²) in [5.74, 6) is -0.0157. The van der Waals surface area contributed by atoms with Crippen molar-refractivity contribution in [3.05, 3.63) is 23.8 Å². The second kappa shape index (κ2) is 7.13. The number of aryl methyl sites for hydroxylation is 1. The summed E-state index contributed by atoms with van der Waals surface area (Å²) in [6.45, 7) is 2.36. The molecule has 2 rings (SSSR count). The molecule has 1 aliphatic heterocycles. The number of carboxylic acid groups (broad SMARTS) is 1. The van der Waals surface area contributed by atoms with E-state index in [4.69, 9.17) is 19.3 Å². The van der Waals surface area contributed by atoms with E-state index in [2.05, 4.69) is 0 Å². The van der Waals surface area contributed by atoms with E-state index in [1.54, 1.807) is 25.3 Å². The number of carbonyl (C=O) groups is 2. The fraction of sp³-hybridized carbons (Fsp3) is 0.467. The van der Waals surface area contributed by atoms with Gasteiger partial charge >= 0.3 is 5.97 Å². The molecule has 1 saturated heterocycles.